The molecule has 3 rings (SSSR count). The average molecular weight is 419 g/mol. The van der Waals surface area contributed by atoms with Crippen molar-refractivity contribution in [1.29, 1.82) is 0 Å². The SMILES string of the molecule is CC[C@@H](C)c1nc(C)c(Cc2c(F)cccc2Cl)c(N2CCN(C(C)=O)CC2)n1. The molecular formula is C22H28ClFN4O. The standard InChI is InChI=1S/C22H28ClFN4O/c1-5-14(2)21-25-15(3)17(13-18-19(23)7-6-8-20(18)24)22(26-21)28-11-9-27(10-12-28)16(4)29/h6-8,14H,5,9-13H2,1-4H3/t14-/m1/s1. The second-order valence-corrected chi connectivity index (χ2v) is 8.06. The summed E-state index contributed by atoms with van der Waals surface area (Å²) in [6, 6.07) is 4.74. The van der Waals surface area contributed by atoms with E-state index in [1.807, 2.05) is 11.8 Å². The van der Waals surface area contributed by atoms with E-state index in [1.54, 1.807) is 19.1 Å². The van der Waals surface area contributed by atoms with Crippen molar-refractivity contribution in [3.63, 3.8) is 0 Å². The largest absolute Gasteiger partial charge is 0.353 e. The number of rotatable bonds is 5. The monoisotopic (exact) mass is 418 g/mol. The molecule has 156 valence electrons. The van der Waals surface area contributed by atoms with Gasteiger partial charge in [0.15, 0.2) is 0 Å². The average Bonchev–Trinajstić information content (AvgIpc) is 2.71. The normalized spacial score (nSPS) is 15.5. The molecule has 1 aliphatic rings. The quantitative estimate of drug-likeness (QED) is 0.724. The van der Waals surface area contributed by atoms with E-state index in [2.05, 4.69) is 18.7 Å². The summed E-state index contributed by atoms with van der Waals surface area (Å²) < 4.78 is 14.5. The molecule has 1 amide bonds. The molecule has 0 aliphatic carbocycles. The molecule has 1 aliphatic heterocycles. The molecule has 0 saturated carbocycles. The fourth-order valence-corrected chi connectivity index (χ4v) is 3.81. The van der Waals surface area contributed by atoms with E-state index < -0.39 is 0 Å². The van der Waals surface area contributed by atoms with Crippen LogP contribution in [0.25, 0.3) is 0 Å². The number of hydrogen-bond acceptors (Lipinski definition) is 4. The molecule has 0 radical (unpaired) electrons. The molecule has 5 nitrogen and oxygen atoms in total. The van der Waals surface area contributed by atoms with Gasteiger partial charge in [-0.2, -0.15) is 0 Å². The van der Waals surface area contributed by atoms with Gasteiger partial charge >= 0.3 is 0 Å². The Morgan fingerprint density at radius 2 is 1.90 bits per heavy atom. The summed E-state index contributed by atoms with van der Waals surface area (Å²) in [5.41, 5.74) is 2.19. The first kappa shape index (κ1) is 21.5. The lowest BCUT2D eigenvalue weighted by Gasteiger charge is -2.36. The van der Waals surface area contributed by atoms with Gasteiger partial charge in [-0.25, -0.2) is 14.4 Å². The maximum absolute atomic E-state index is 14.5. The minimum absolute atomic E-state index is 0.0853. The number of anilines is 1. The lowest BCUT2D eigenvalue weighted by molar-refractivity contribution is -0.129. The zero-order valence-electron chi connectivity index (χ0n) is 17.5. The Balaban J connectivity index is 2.02. The van der Waals surface area contributed by atoms with Gasteiger partial charge in [0.25, 0.3) is 0 Å². The first-order valence-electron chi connectivity index (χ1n) is 10.1. The molecule has 1 aromatic carbocycles. The van der Waals surface area contributed by atoms with E-state index in [4.69, 9.17) is 21.6 Å². The van der Waals surface area contributed by atoms with Crippen LogP contribution < -0.4 is 4.90 Å². The highest BCUT2D eigenvalue weighted by Crippen LogP contribution is 2.30. The number of piperazine rings is 1. The van der Waals surface area contributed by atoms with Crippen LogP contribution in [0.4, 0.5) is 10.2 Å². The van der Waals surface area contributed by atoms with E-state index in [0.29, 0.717) is 43.2 Å². The van der Waals surface area contributed by atoms with Crippen LogP contribution in [-0.4, -0.2) is 47.0 Å². The van der Waals surface area contributed by atoms with Crippen LogP contribution in [0.1, 0.15) is 55.8 Å². The number of hydrogen-bond donors (Lipinski definition) is 0. The number of benzene rings is 1. The van der Waals surface area contributed by atoms with Crippen molar-refractivity contribution in [1.82, 2.24) is 14.9 Å². The minimum Gasteiger partial charge on any atom is -0.353 e. The van der Waals surface area contributed by atoms with E-state index in [1.165, 1.54) is 6.07 Å². The fraction of sp³-hybridized carbons (Fsp3) is 0.500. The molecule has 0 N–H and O–H groups in total. The van der Waals surface area contributed by atoms with Gasteiger partial charge in [-0.3, -0.25) is 4.79 Å². The predicted molar refractivity (Wildman–Crippen MR) is 114 cm³/mol. The molecule has 1 aromatic heterocycles. The number of nitrogens with zero attached hydrogens (tertiary/aromatic N) is 4. The van der Waals surface area contributed by atoms with E-state index in [-0.39, 0.29) is 17.6 Å². The summed E-state index contributed by atoms with van der Waals surface area (Å²) in [5, 5.41) is 0.405. The Morgan fingerprint density at radius 3 is 2.48 bits per heavy atom. The molecule has 1 atom stereocenters. The summed E-state index contributed by atoms with van der Waals surface area (Å²) in [5.74, 6) is 1.63. The van der Waals surface area contributed by atoms with Crippen LogP contribution in [0.3, 0.4) is 0 Å². The van der Waals surface area contributed by atoms with Crippen LogP contribution in [-0.2, 0) is 11.2 Å². The Labute approximate surface area is 176 Å². The Morgan fingerprint density at radius 1 is 1.21 bits per heavy atom. The number of amides is 1. The van der Waals surface area contributed by atoms with Crippen molar-refractivity contribution in [3.05, 3.63) is 51.7 Å². The lowest BCUT2D eigenvalue weighted by Crippen LogP contribution is -2.48. The summed E-state index contributed by atoms with van der Waals surface area (Å²) in [4.78, 5) is 25.3. The molecule has 0 spiro atoms. The van der Waals surface area contributed by atoms with Gasteiger partial charge in [0.2, 0.25) is 5.91 Å². The van der Waals surface area contributed by atoms with Crippen molar-refractivity contribution in [2.75, 3.05) is 31.1 Å². The zero-order valence-corrected chi connectivity index (χ0v) is 18.3. The summed E-state index contributed by atoms with van der Waals surface area (Å²) in [6.07, 6.45) is 1.27. The number of aromatic nitrogens is 2. The Kier molecular flexibility index (Phi) is 6.73. The van der Waals surface area contributed by atoms with Crippen LogP contribution in [0, 0.1) is 12.7 Å². The predicted octanol–water partition coefficient (Wildman–Crippen LogP) is 4.35. The summed E-state index contributed by atoms with van der Waals surface area (Å²) in [7, 11) is 0. The highest BCUT2D eigenvalue weighted by atomic mass is 35.5. The van der Waals surface area contributed by atoms with Crippen LogP contribution >= 0.6 is 11.6 Å². The van der Waals surface area contributed by atoms with E-state index >= 15 is 0 Å². The molecule has 7 heteroatoms. The molecule has 1 fully saturated rings. The smallest absolute Gasteiger partial charge is 0.219 e. The molecule has 2 heterocycles. The van der Waals surface area contributed by atoms with Gasteiger partial charge in [-0.1, -0.05) is 31.5 Å². The summed E-state index contributed by atoms with van der Waals surface area (Å²) >= 11 is 6.29. The number of aryl methyl sites for hydroxylation is 1. The summed E-state index contributed by atoms with van der Waals surface area (Å²) in [6.45, 7) is 10.4. The van der Waals surface area contributed by atoms with E-state index in [9.17, 15) is 9.18 Å². The van der Waals surface area contributed by atoms with Gasteiger partial charge in [-0.15, -0.1) is 0 Å². The maximum Gasteiger partial charge on any atom is 0.219 e. The highest BCUT2D eigenvalue weighted by Gasteiger charge is 2.25. The van der Waals surface area contributed by atoms with Gasteiger partial charge in [0, 0.05) is 67.3 Å². The van der Waals surface area contributed by atoms with Gasteiger partial charge in [-0.05, 0) is 25.5 Å². The Hall–Kier alpha value is -2.21. The second-order valence-electron chi connectivity index (χ2n) is 7.65. The maximum atomic E-state index is 14.5. The second kappa shape index (κ2) is 9.08. The molecular weight excluding hydrogens is 391 g/mol. The molecule has 1 saturated heterocycles. The van der Waals surface area contributed by atoms with E-state index in [0.717, 1.165) is 29.3 Å². The van der Waals surface area contributed by atoms with Gasteiger partial charge in [0.1, 0.15) is 17.5 Å². The fourth-order valence-electron chi connectivity index (χ4n) is 3.58. The van der Waals surface area contributed by atoms with Crippen molar-refractivity contribution in [2.45, 2.75) is 46.5 Å². The minimum atomic E-state index is -0.324. The van der Waals surface area contributed by atoms with Crippen molar-refractivity contribution in [2.24, 2.45) is 0 Å². The van der Waals surface area contributed by atoms with Crippen LogP contribution in [0.5, 0.6) is 0 Å². The first-order valence-corrected chi connectivity index (χ1v) is 10.5. The zero-order chi connectivity index (χ0) is 21.1. The van der Waals surface area contributed by atoms with Crippen molar-refractivity contribution in [3.8, 4) is 0 Å². The first-order chi connectivity index (χ1) is 13.8. The Bertz CT molecular complexity index is 876. The third-order valence-electron chi connectivity index (χ3n) is 5.70. The third-order valence-corrected chi connectivity index (χ3v) is 6.06. The molecule has 2 aromatic rings. The molecule has 0 bridgehead atoms. The number of halogens is 2. The number of carbonyl (C=O) groups excluding carboxylic acids is 1. The van der Waals surface area contributed by atoms with Crippen LogP contribution in [0.2, 0.25) is 5.02 Å². The van der Waals surface area contributed by atoms with Gasteiger partial charge in [0.05, 0.1) is 0 Å². The molecule has 0 unspecified atom stereocenters. The molecule has 29 heavy (non-hydrogen) atoms. The van der Waals surface area contributed by atoms with Gasteiger partial charge < -0.3 is 9.80 Å². The number of carbonyl (C=O) groups is 1. The topological polar surface area (TPSA) is 49.3 Å². The highest BCUT2D eigenvalue weighted by molar-refractivity contribution is 6.31. The van der Waals surface area contributed by atoms with Crippen molar-refractivity contribution >= 4 is 23.3 Å². The van der Waals surface area contributed by atoms with Crippen LogP contribution in [0.15, 0.2) is 18.2 Å². The lowest BCUT2D eigenvalue weighted by atomic mass is 10.0. The third kappa shape index (κ3) is 4.69. The van der Waals surface area contributed by atoms with Crippen molar-refractivity contribution < 1.29 is 9.18 Å².